The molecule has 1 N–H and O–H groups in total. The Kier molecular flexibility index (Phi) is 5.09. The van der Waals surface area contributed by atoms with Crippen LogP contribution in [0.5, 0.6) is 0 Å². The van der Waals surface area contributed by atoms with Crippen molar-refractivity contribution < 1.29 is 4.79 Å². The molecule has 5 nitrogen and oxygen atoms in total. The molecular formula is C17H22N4O. The van der Waals surface area contributed by atoms with E-state index in [0.29, 0.717) is 5.69 Å². The van der Waals surface area contributed by atoms with E-state index in [1.165, 1.54) is 0 Å². The molecule has 22 heavy (non-hydrogen) atoms. The molecule has 2 rings (SSSR count). The standard InChI is InChI=1S/C17H22N4O/c1-5-21(6-2)16-8-7-15(19-20-16)17(22)18-14-10-12(3)9-13(4)11-14/h7-11H,5-6H2,1-4H3,(H,18,22). The maximum absolute atomic E-state index is 12.2. The average molecular weight is 298 g/mol. The largest absolute Gasteiger partial charge is 0.356 e. The second kappa shape index (κ2) is 7.02. The number of hydrogen-bond acceptors (Lipinski definition) is 4. The van der Waals surface area contributed by atoms with Crippen LogP contribution in [-0.4, -0.2) is 29.2 Å². The first-order valence-corrected chi connectivity index (χ1v) is 7.51. The lowest BCUT2D eigenvalue weighted by molar-refractivity contribution is 0.102. The van der Waals surface area contributed by atoms with Crippen LogP contribution in [0.3, 0.4) is 0 Å². The molecule has 2 aromatic rings. The van der Waals surface area contributed by atoms with Gasteiger partial charge in [0.2, 0.25) is 0 Å². The molecule has 0 spiro atoms. The van der Waals surface area contributed by atoms with E-state index in [-0.39, 0.29) is 5.91 Å². The van der Waals surface area contributed by atoms with Gasteiger partial charge in [0.15, 0.2) is 11.5 Å². The van der Waals surface area contributed by atoms with E-state index in [0.717, 1.165) is 35.7 Å². The van der Waals surface area contributed by atoms with E-state index >= 15 is 0 Å². The van der Waals surface area contributed by atoms with Crippen molar-refractivity contribution in [3.05, 3.63) is 47.2 Å². The molecule has 0 aliphatic rings. The Labute approximate surface area is 131 Å². The Hall–Kier alpha value is -2.43. The zero-order chi connectivity index (χ0) is 16.1. The lowest BCUT2D eigenvalue weighted by atomic mass is 10.1. The average Bonchev–Trinajstić information content (AvgIpc) is 2.48. The predicted molar refractivity (Wildman–Crippen MR) is 89.5 cm³/mol. The molecule has 0 saturated carbocycles. The van der Waals surface area contributed by atoms with Crippen LogP contribution in [0.4, 0.5) is 11.5 Å². The monoisotopic (exact) mass is 298 g/mol. The Bertz CT molecular complexity index is 628. The van der Waals surface area contributed by atoms with Crippen LogP contribution in [0.25, 0.3) is 0 Å². The Balaban J connectivity index is 2.12. The van der Waals surface area contributed by atoms with Crippen molar-refractivity contribution in [3.8, 4) is 0 Å². The normalized spacial score (nSPS) is 10.4. The van der Waals surface area contributed by atoms with Gasteiger partial charge in [-0.3, -0.25) is 4.79 Å². The van der Waals surface area contributed by atoms with E-state index < -0.39 is 0 Å². The highest BCUT2D eigenvalue weighted by atomic mass is 16.1. The predicted octanol–water partition coefficient (Wildman–Crippen LogP) is 3.19. The van der Waals surface area contributed by atoms with E-state index in [1.807, 2.05) is 32.0 Å². The van der Waals surface area contributed by atoms with Crippen molar-refractivity contribution in [2.45, 2.75) is 27.7 Å². The third-order valence-corrected chi connectivity index (χ3v) is 3.45. The minimum Gasteiger partial charge on any atom is -0.356 e. The molecule has 0 unspecified atom stereocenters. The van der Waals surface area contributed by atoms with Crippen molar-refractivity contribution in [3.63, 3.8) is 0 Å². The van der Waals surface area contributed by atoms with Gasteiger partial charge in [-0.05, 0) is 63.1 Å². The van der Waals surface area contributed by atoms with Gasteiger partial charge in [0, 0.05) is 18.8 Å². The maximum Gasteiger partial charge on any atom is 0.276 e. The van der Waals surface area contributed by atoms with Gasteiger partial charge >= 0.3 is 0 Å². The second-order valence-electron chi connectivity index (χ2n) is 5.28. The minimum absolute atomic E-state index is 0.247. The first-order valence-electron chi connectivity index (χ1n) is 7.51. The highest BCUT2D eigenvalue weighted by Gasteiger charge is 2.11. The molecule has 0 bridgehead atoms. The Morgan fingerprint density at radius 2 is 1.68 bits per heavy atom. The molecule has 0 aliphatic carbocycles. The van der Waals surface area contributed by atoms with Gasteiger partial charge in [0.05, 0.1) is 0 Å². The van der Waals surface area contributed by atoms with Crippen LogP contribution in [0.1, 0.15) is 35.5 Å². The quantitative estimate of drug-likeness (QED) is 0.921. The zero-order valence-electron chi connectivity index (χ0n) is 13.6. The summed E-state index contributed by atoms with van der Waals surface area (Å²) in [5, 5.41) is 11.0. The number of rotatable bonds is 5. The van der Waals surface area contributed by atoms with Gasteiger partial charge in [0.1, 0.15) is 0 Å². The number of carbonyl (C=O) groups excluding carboxylic acids is 1. The maximum atomic E-state index is 12.2. The number of anilines is 2. The molecule has 1 aromatic carbocycles. The van der Waals surface area contributed by atoms with E-state index in [4.69, 9.17) is 0 Å². The minimum atomic E-state index is -0.247. The van der Waals surface area contributed by atoms with Gasteiger partial charge in [-0.25, -0.2) is 0 Å². The summed E-state index contributed by atoms with van der Waals surface area (Å²) in [5.74, 6) is 0.538. The van der Waals surface area contributed by atoms with Crippen LogP contribution in [0.2, 0.25) is 0 Å². The fraction of sp³-hybridized carbons (Fsp3) is 0.353. The summed E-state index contributed by atoms with van der Waals surface area (Å²) in [7, 11) is 0. The van der Waals surface area contributed by atoms with Crippen LogP contribution < -0.4 is 10.2 Å². The van der Waals surface area contributed by atoms with E-state index in [9.17, 15) is 4.79 Å². The molecule has 1 heterocycles. The van der Waals surface area contributed by atoms with Gasteiger partial charge in [-0.1, -0.05) is 6.07 Å². The lowest BCUT2D eigenvalue weighted by Crippen LogP contribution is -2.24. The fourth-order valence-corrected chi connectivity index (χ4v) is 2.40. The van der Waals surface area contributed by atoms with Gasteiger partial charge in [0.25, 0.3) is 5.91 Å². The van der Waals surface area contributed by atoms with Crippen molar-refractivity contribution in [2.24, 2.45) is 0 Å². The number of benzene rings is 1. The molecule has 1 amide bonds. The fourth-order valence-electron chi connectivity index (χ4n) is 2.40. The second-order valence-corrected chi connectivity index (χ2v) is 5.28. The van der Waals surface area contributed by atoms with Crippen LogP contribution in [0.15, 0.2) is 30.3 Å². The van der Waals surface area contributed by atoms with Gasteiger partial charge < -0.3 is 10.2 Å². The summed E-state index contributed by atoms with van der Waals surface area (Å²) in [5.41, 5.74) is 3.31. The molecule has 1 aromatic heterocycles. The Morgan fingerprint density at radius 1 is 1.05 bits per heavy atom. The first kappa shape index (κ1) is 15.9. The summed E-state index contributed by atoms with van der Waals surface area (Å²) in [6.07, 6.45) is 0. The molecular weight excluding hydrogens is 276 g/mol. The van der Waals surface area contributed by atoms with Crippen LogP contribution >= 0.6 is 0 Å². The van der Waals surface area contributed by atoms with E-state index in [2.05, 4.69) is 40.3 Å². The first-order chi connectivity index (χ1) is 10.5. The molecule has 116 valence electrons. The number of nitrogens with zero attached hydrogens (tertiary/aromatic N) is 3. The summed E-state index contributed by atoms with van der Waals surface area (Å²) in [4.78, 5) is 14.3. The molecule has 0 aliphatic heterocycles. The van der Waals surface area contributed by atoms with Crippen molar-refractivity contribution in [2.75, 3.05) is 23.3 Å². The zero-order valence-corrected chi connectivity index (χ0v) is 13.6. The smallest absolute Gasteiger partial charge is 0.276 e. The third-order valence-electron chi connectivity index (χ3n) is 3.45. The highest BCUT2D eigenvalue weighted by molar-refractivity contribution is 6.02. The van der Waals surface area contributed by atoms with Crippen LogP contribution in [-0.2, 0) is 0 Å². The summed E-state index contributed by atoms with van der Waals surface area (Å²) >= 11 is 0. The number of aryl methyl sites for hydroxylation is 2. The summed E-state index contributed by atoms with van der Waals surface area (Å²) < 4.78 is 0. The van der Waals surface area contributed by atoms with E-state index in [1.54, 1.807) is 6.07 Å². The number of amides is 1. The number of nitrogens with one attached hydrogen (secondary N) is 1. The molecule has 0 saturated heterocycles. The van der Waals surface area contributed by atoms with Crippen molar-refractivity contribution in [1.82, 2.24) is 10.2 Å². The molecule has 0 fully saturated rings. The topological polar surface area (TPSA) is 58.1 Å². The summed E-state index contributed by atoms with van der Waals surface area (Å²) in [6.45, 7) is 9.85. The SMILES string of the molecule is CCN(CC)c1ccc(C(=O)Nc2cc(C)cc(C)c2)nn1. The number of carbonyl (C=O) groups is 1. The van der Waals surface area contributed by atoms with Crippen LogP contribution in [0, 0.1) is 13.8 Å². The molecule has 5 heteroatoms. The number of aromatic nitrogens is 2. The third kappa shape index (κ3) is 3.81. The van der Waals surface area contributed by atoms with Gasteiger partial charge in [-0.15, -0.1) is 10.2 Å². The summed E-state index contributed by atoms with van der Waals surface area (Å²) in [6, 6.07) is 9.47. The number of hydrogen-bond donors (Lipinski definition) is 1. The van der Waals surface area contributed by atoms with Crippen molar-refractivity contribution >= 4 is 17.4 Å². The molecule has 0 radical (unpaired) electrons. The molecule has 0 atom stereocenters. The Morgan fingerprint density at radius 3 is 2.18 bits per heavy atom. The highest BCUT2D eigenvalue weighted by Crippen LogP contribution is 2.15. The lowest BCUT2D eigenvalue weighted by Gasteiger charge is -2.18. The van der Waals surface area contributed by atoms with Crippen molar-refractivity contribution in [1.29, 1.82) is 0 Å². The van der Waals surface area contributed by atoms with Gasteiger partial charge in [-0.2, -0.15) is 0 Å².